The van der Waals surface area contributed by atoms with E-state index in [4.69, 9.17) is 5.73 Å². The maximum Gasteiger partial charge on any atom is 0.319 e. The fourth-order valence-electron chi connectivity index (χ4n) is 3.09. The van der Waals surface area contributed by atoms with Gasteiger partial charge in [-0.3, -0.25) is 4.79 Å². The molecule has 2 saturated heterocycles. The first-order valence-corrected chi connectivity index (χ1v) is 8.05. The topological polar surface area (TPSA) is 69.9 Å². The van der Waals surface area contributed by atoms with Crippen LogP contribution in [0.3, 0.4) is 0 Å². The minimum atomic E-state index is 0.0339. The smallest absolute Gasteiger partial charge is 0.319 e. The molecule has 0 aromatic rings. The second-order valence-corrected chi connectivity index (χ2v) is 6.27. The molecule has 120 valence electrons. The molecule has 0 bridgehead atoms. The Morgan fingerprint density at radius 1 is 1.14 bits per heavy atom. The summed E-state index contributed by atoms with van der Waals surface area (Å²) in [5, 5.41) is 0. The summed E-state index contributed by atoms with van der Waals surface area (Å²) in [5.74, 6) is 0.202. The average molecular weight is 296 g/mol. The predicted molar refractivity (Wildman–Crippen MR) is 81.8 cm³/mol. The number of carbonyl (C=O) groups is 2. The number of piperidine rings is 1. The number of hydrogen-bond acceptors (Lipinski definition) is 3. The number of urea groups is 1. The lowest BCUT2D eigenvalue weighted by Crippen LogP contribution is -2.49. The van der Waals surface area contributed by atoms with Crippen molar-refractivity contribution in [2.45, 2.75) is 38.6 Å². The van der Waals surface area contributed by atoms with E-state index in [0.717, 1.165) is 38.8 Å². The molecule has 0 radical (unpaired) electrons. The maximum absolute atomic E-state index is 12.4. The molecule has 0 aromatic heterocycles. The van der Waals surface area contributed by atoms with Crippen LogP contribution >= 0.6 is 0 Å². The van der Waals surface area contributed by atoms with Gasteiger partial charge in [0.1, 0.15) is 0 Å². The van der Waals surface area contributed by atoms with Gasteiger partial charge in [0.15, 0.2) is 0 Å². The third-order valence-electron chi connectivity index (χ3n) is 4.84. The second-order valence-electron chi connectivity index (χ2n) is 6.27. The van der Waals surface area contributed by atoms with Gasteiger partial charge in [-0.2, -0.15) is 0 Å². The number of amides is 3. The summed E-state index contributed by atoms with van der Waals surface area (Å²) in [4.78, 5) is 30.3. The van der Waals surface area contributed by atoms with Gasteiger partial charge in [0.2, 0.25) is 5.91 Å². The van der Waals surface area contributed by atoms with Crippen molar-refractivity contribution in [3.63, 3.8) is 0 Å². The van der Waals surface area contributed by atoms with Crippen molar-refractivity contribution < 1.29 is 9.59 Å². The lowest BCUT2D eigenvalue weighted by molar-refractivity contribution is -0.137. The van der Waals surface area contributed by atoms with Gasteiger partial charge in [-0.05, 0) is 32.6 Å². The van der Waals surface area contributed by atoms with E-state index in [9.17, 15) is 9.59 Å². The van der Waals surface area contributed by atoms with Crippen molar-refractivity contribution in [2.75, 3.05) is 39.8 Å². The molecule has 0 aliphatic carbocycles. The third kappa shape index (κ3) is 3.67. The SMILES string of the molecule is CC(CN)N(C)C(=O)C1CCN(C(=O)N2CCCC2)CC1. The zero-order valence-electron chi connectivity index (χ0n) is 13.3. The Morgan fingerprint density at radius 3 is 2.19 bits per heavy atom. The zero-order chi connectivity index (χ0) is 15.4. The van der Waals surface area contributed by atoms with E-state index in [-0.39, 0.29) is 23.9 Å². The van der Waals surface area contributed by atoms with Gasteiger partial charge in [0, 0.05) is 51.7 Å². The van der Waals surface area contributed by atoms with Crippen LogP contribution in [0.25, 0.3) is 0 Å². The van der Waals surface area contributed by atoms with E-state index in [2.05, 4.69) is 0 Å². The Hall–Kier alpha value is -1.30. The van der Waals surface area contributed by atoms with Crippen molar-refractivity contribution in [1.82, 2.24) is 14.7 Å². The van der Waals surface area contributed by atoms with Crippen molar-refractivity contribution in [3.8, 4) is 0 Å². The zero-order valence-corrected chi connectivity index (χ0v) is 13.3. The molecule has 2 heterocycles. The van der Waals surface area contributed by atoms with E-state index in [1.165, 1.54) is 0 Å². The van der Waals surface area contributed by atoms with Gasteiger partial charge >= 0.3 is 6.03 Å². The minimum Gasteiger partial charge on any atom is -0.342 e. The highest BCUT2D eigenvalue weighted by Crippen LogP contribution is 2.22. The Morgan fingerprint density at radius 2 is 1.67 bits per heavy atom. The highest BCUT2D eigenvalue weighted by molar-refractivity contribution is 5.80. The first-order valence-electron chi connectivity index (χ1n) is 8.05. The predicted octanol–water partition coefficient (Wildman–Crippen LogP) is 0.720. The lowest BCUT2D eigenvalue weighted by Gasteiger charge is -2.36. The van der Waals surface area contributed by atoms with E-state index in [1.54, 1.807) is 4.90 Å². The highest BCUT2D eigenvalue weighted by Gasteiger charge is 2.32. The van der Waals surface area contributed by atoms with Crippen LogP contribution in [0.1, 0.15) is 32.6 Å². The van der Waals surface area contributed by atoms with Gasteiger partial charge in [0.25, 0.3) is 0 Å². The largest absolute Gasteiger partial charge is 0.342 e. The number of nitrogens with two attached hydrogens (primary N) is 1. The van der Waals surface area contributed by atoms with Crippen molar-refractivity contribution in [2.24, 2.45) is 11.7 Å². The molecule has 6 nitrogen and oxygen atoms in total. The maximum atomic E-state index is 12.4. The van der Waals surface area contributed by atoms with Gasteiger partial charge in [-0.15, -0.1) is 0 Å². The summed E-state index contributed by atoms with van der Waals surface area (Å²) in [7, 11) is 1.82. The Bertz CT molecular complexity index is 374. The first kappa shape index (κ1) is 16.1. The Kier molecular flexibility index (Phi) is 5.45. The molecule has 0 aromatic carbocycles. The molecule has 21 heavy (non-hydrogen) atoms. The van der Waals surface area contributed by atoms with Crippen molar-refractivity contribution >= 4 is 11.9 Å². The molecule has 6 heteroatoms. The molecular weight excluding hydrogens is 268 g/mol. The molecule has 2 aliphatic heterocycles. The van der Waals surface area contributed by atoms with Gasteiger partial charge < -0.3 is 20.4 Å². The van der Waals surface area contributed by atoms with Crippen LogP contribution in [0.5, 0.6) is 0 Å². The molecule has 0 saturated carbocycles. The van der Waals surface area contributed by atoms with E-state index < -0.39 is 0 Å². The number of rotatable bonds is 3. The van der Waals surface area contributed by atoms with Crippen LogP contribution in [0.2, 0.25) is 0 Å². The molecule has 1 atom stereocenters. The van der Waals surface area contributed by atoms with Crippen LogP contribution in [-0.4, -0.2) is 72.5 Å². The summed E-state index contributed by atoms with van der Waals surface area (Å²) >= 11 is 0. The summed E-state index contributed by atoms with van der Waals surface area (Å²) in [6.45, 7) is 5.59. The summed E-state index contributed by atoms with van der Waals surface area (Å²) in [5.41, 5.74) is 5.62. The molecule has 2 aliphatic rings. The molecule has 1 unspecified atom stereocenters. The monoisotopic (exact) mass is 296 g/mol. The normalized spacial score (nSPS) is 21.5. The molecular formula is C15H28N4O2. The fraction of sp³-hybridized carbons (Fsp3) is 0.867. The fourth-order valence-corrected chi connectivity index (χ4v) is 3.09. The molecule has 3 amide bonds. The first-order chi connectivity index (χ1) is 10.0. The Balaban J connectivity index is 1.82. The van der Waals surface area contributed by atoms with Crippen LogP contribution in [0.15, 0.2) is 0 Å². The van der Waals surface area contributed by atoms with Crippen LogP contribution in [-0.2, 0) is 4.79 Å². The summed E-state index contributed by atoms with van der Waals surface area (Å²) < 4.78 is 0. The summed E-state index contributed by atoms with van der Waals surface area (Å²) in [6, 6.07) is 0.226. The van der Waals surface area contributed by atoms with Gasteiger partial charge in [0.05, 0.1) is 0 Å². The number of likely N-dealkylation sites (N-methyl/N-ethyl adjacent to an activating group) is 1. The highest BCUT2D eigenvalue weighted by atomic mass is 16.2. The Labute approximate surface area is 127 Å². The third-order valence-corrected chi connectivity index (χ3v) is 4.84. The van der Waals surface area contributed by atoms with Crippen LogP contribution in [0, 0.1) is 5.92 Å². The molecule has 2 N–H and O–H groups in total. The minimum absolute atomic E-state index is 0.0339. The lowest BCUT2D eigenvalue weighted by atomic mass is 9.95. The number of nitrogens with zero attached hydrogens (tertiary/aromatic N) is 3. The van der Waals surface area contributed by atoms with Crippen LogP contribution in [0.4, 0.5) is 4.79 Å². The van der Waals surface area contributed by atoms with Crippen molar-refractivity contribution in [3.05, 3.63) is 0 Å². The summed E-state index contributed by atoms with van der Waals surface area (Å²) in [6.07, 6.45) is 3.75. The van der Waals surface area contributed by atoms with Crippen LogP contribution < -0.4 is 5.73 Å². The quantitative estimate of drug-likeness (QED) is 0.834. The standard InChI is InChI=1S/C15H28N4O2/c1-12(11-16)17(2)14(20)13-5-9-19(10-6-13)15(21)18-7-3-4-8-18/h12-13H,3-11,16H2,1-2H3. The van der Waals surface area contributed by atoms with Gasteiger partial charge in [-0.25, -0.2) is 4.79 Å². The average Bonchev–Trinajstić information content (AvgIpc) is 3.06. The number of hydrogen-bond donors (Lipinski definition) is 1. The number of likely N-dealkylation sites (tertiary alicyclic amines) is 2. The van der Waals surface area contributed by atoms with E-state index >= 15 is 0 Å². The van der Waals surface area contributed by atoms with Crippen molar-refractivity contribution in [1.29, 1.82) is 0 Å². The molecule has 2 rings (SSSR count). The second kappa shape index (κ2) is 7.11. The molecule has 0 spiro atoms. The van der Waals surface area contributed by atoms with E-state index in [0.29, 0.717) is 19.6 Å². The number of carbonyl (C=O) groups excluding carboxylic acids is 2. The van der Waals surface area contributed by atoms with Gasteiger partial charge in [-0.1, -0.05) is 0 Å². The molecule has 2 fully saturated rings. The van der Waals surface area contributed by atoms with E-state index in [1.807, 2.05) is 23.8 Å².